The van der Waals surface area contributed by atoms with Gasteiger partial charge in [0.2, 0.25) is 5.88 Å². The highest BCUT2D eigenvalue weighted by molar-refractivity contribution is 7.85. The molecular weight excluding hydrogens is 238 g/mol. The van der Waals surface area contributed by atoms with Gasteiger partial charge < -0.3 is 10.1 Å². The highest BCUT2D eigenvalue weighted by atomic mass is 32.2. The van der Waals surface area contributed by atoms with Crippen LogP contribution >= 0.6 is 0 Å². The van der Waals surface area contributed by atoms with E-state index in [2.05, 4.69) is 15.3 Å². The van der Waals surface area contributed by atoms with Gasteiger partial charge in [0, 0.05) is 34.4 Å². The van der Waals surface area contributed by atoms with Crippen molar-refractivity contribution in [1.82, 2.24) is 9.97 Å². The number of nitrogens with one attached hydrogen (secondary N) is 1. The second kappa shape index (κ2) is 5.44. The van der Waals surface area contributed by atoms with Gasteiger partial charge in [-0.25, -0.2) is 4.98 Å². The molecule has 1 fully saturated rings. The van der Waals surface area contributed by atoms with E-state index in [0.29, 0.717) is 17.7 Å². The third-order valence-electron chi connectivity index (χ3n) is 2.76. The van der Waals surface area contributed by atoms with E-state index >= 15 is 0 Å². The van der Waals surface area contributed by atoms with Crippen LogP contribution in [0.25, 0.3) is 0 Å². The summed E-state index contributed by atoms with van der Waals surface area (Å²) in [5, 5.41) is 3.35. The van der Waals surface area contributed by atoms with Crippen LogP contribution in [0.1, 0.15) is 18.7 Å². The Kier molecular flexibility index (Phi) is 3.93. The maximum absolute atomic E-state index is 11.3. The van der Waals surface area contributed by atoms with Crippen molar-refractivity contribution in [3.63, 3.8) is 0 Å². The Labute approximate surface area is 103 Å². The van der Waals surface area contributed by atoms with E-state index in [0.717, 1.165) is 30.2 Å². The second-order valence-corrected chi connectivity index (χ2v) is 5.81. The number of methoxy groups -OCH3 is 1. The molecule has 0 amide bonds. The predicted octanol–water partition coefficient (Wildman–Crippen LogP) is 1.12. The average Bonchev–Trinajstić information content (AvgIpc) is 2.31. The average molecular weight is 255 g/mol. The number of ether oxygens (including phenoxy) is 1. The van der Waals surface area contributed by atoms with Crippen LogP contribution in [0.2, 0.25) is 0 Å². The van der Waals surface area contributed by atoms with Crippen molar-refractivity contribution in [3.05, 3.63) is 11.9 Å². The van der Waals surface area contributed by atoms with Gasteiger partial charge in [-0.05, 0) is 19.8 Å². The van der Waals surface area contributed by atoms with E-state index in [9.17, 15) is 4.21 Å². The second-order valence-electron chi connectivity index (χ2n) is 4.11. The molecule has 1 aromatic rings. The van der Waals surface area contributed by atoms with Crippen molar-refractivity contribution in [1.29, 1.82) is 0 Å². The Morgan fingerprint density at radius 1 is 1.41 bits per heavy atom. The minimum absolute atomic E-state index is 0.353. The largest absolute Gasteiger partial charge is 0.481 e. The van der Waals surface area contributed by atoms with Crippen LogP contribution in [-0.2, 0) is 10.8 Å². The molecule has 1 aliphatic heterocycles. The highest BCUT2D eigenvalue weighted by Crippen LogP contribution is 2.17. The van der Waals surface area contributed by atoms with E-state index in [1.54, 1.807) is 13.2 Å². The molecule has 0 bridgehead atoms. The highest BCUT2D eigenvalue weighted by Gasteiger charge is 2.18. The third kappa shape index (κ3) is 3.39. The molecule has 2 rings (SSSR count). The minimum atomic E-state index is -0.627. The van der Waals surface area contributed by atoms with Crippen molar-refractivity contribution in [3.8, 4) is 5.88 Å². The number of rotatable bonds is 3. The lowest BCUT2D eigenvalue weighted by Gasteiger charge is -2.23. The summed E-state index contributed by atoms with van der Waals surface area (Å²) in [4.78, 5) is 8.45. The maximum atomic E-state index is 11.3. The number of nitrogens with zero attached hydrogens (tertiary/aromatic N) is 2. The molecule has 17 heavy (non-hydrogen) atoms. The summed E-state index contributed by atoms with van der Waals surface area (Å²) in [5.41, 5.74) is 0. The summed E-state index contributed by atoms with van der Waals surface area (Å²) in [6, 6.07) is 2.14. The summed E-state index contributed by atoms with van der Waals surface area (Å²) in [7, 11) is 0.966. The molecule has 1 N–H and O–H groups in total. The standard InChI is InChI=1S/C11H17N3O2S/c1-8-12-10(7-11(13-8)16-2)14-9-3-5-17(15)6-4-9/h7,9H,3-6H2,1-2H3,(H,12,13,14). The fourth-order valence-corrected chi connectivity index (χ4v) is 3.17. The molecule has 1 aromatic heterocycles. The first-order valence-electron chi connectivity index (χ1n) is 5.68. The van der Waals surface area contributed by atoms with E-state index in [1.807, 2.05) is 6.92 Å². The van der Waals surface area contributed by atoms with E-state index in [1.165, 1.54) is 0 Å². The van der Waals surface area contributed by atoms with E-state index in [4.69, 9.17) is 4.74 Å². The first kappa shape index (κ1) is 12.3. The Morgan fingerprint density at radius 3 is 2.76 bits per heavy atom. The first-order chi connectivity index (χ1) is 8.17. The van der Waals surface area contributed by atoms with Crippen LogP contribution in [0, 0.1) is 6.92 Å². The van der Waals surface area contributed by atoms with Gasteiger partial charge in [-0.15, -0.1) is 0 Å². The topological polar surface area (TPSA) is 64.1 Å². The summed E-state index contributed by atoms with van der Waals surface area (Å²) in [6.07, 6.45) is 1.86. The first-order valence-corrected chi connectivity index (χ1v) is 7.17. The van der Waals surface area contributed by atoms with Crippen molar-refractivity contribution in [2.75, 3.05) is 23.9 Å². The number of aryl methyl sites for hydroxylation is 1. The van der Waals surface area contributed by atoms with Crippen LogP contribution in [-0.4, -0.2) is 38.8 Å². The molecule has 0 aromatic carbocycles. The number of hydrogen-bond donors (Lipinski definition) is 1. The molecule has 1 aliphatic rings. The molecule has 6 heteroatoms. The minimum Gasteiger partial charge on any atom is -0.481 e. The predicted molar refractivity (Wildman–Crippen MR) is 67.8 cm³/mol. The molecule has 2 heterocycles. The smallest absolute Gasteiger partial charge is 0.218 e. The summed E-state index contributed by atoms with van der Waals surface area (Å²) >= 11 is 0. The van der Waals surface area contributed by atoms with E-state index < -0.39 is 10.8 Å². The van der Waals surface area contributed by atoms with Crippen molar-refractivity contribution >= 4 is 16.6 Å². The molecule has 94 valence electrons. The summed E-state index contributed by atoms with van der Waals surface area (Å²) in [6.45, 7) is 1.84. The van der Waals surface area contributed by atoms with Gasteiger partial charge in [0.15, 0.2) is 0 Å². The quantitative estimate of drug-likeness (QED) is 0.876. The van der Waals surface area contributed by atoms with Gasteiger partial charge in [0.05, 0.1) is 7.11 Å². The lowest BCUT2D eigenvalue weighted by atomic mass is 10.1. The van der Waals surface area contributed by atoms with Crippen LogP contribution in [0.5, 0.6) is 5.88 Å². The Morgan fingerprint density at radius 2 is 2.12 bits per heavy atom. The van der Waals surface area contributed by atoms with Crippen LogP contribution in [0.4, 0.5) is 5.82 Å². The van der Waals surface area contributed by atoms with E-state index in [-0.39, 0.29) is 0 Å². The molecule has 0 atom stereocenters. The third-order valence-corrected chi connectivity index (χ3v) is 4.15. The lowest BCUT2D eigenvalue weighted by Crippen LogP contribution is -2.29. The SMILES string of the molecule is COc1cc(NC2CCS(=O)CC2)nc(C)n1. The maximum Gasteiger partial charge on any atom is 0.218 e. The molecular formula is C11H17N3O2S. The van der Waals surface area contributed by atoms with Crippen molar-refractivity contribution < 1.29 is 8.95 Å². The fraction of sp³-hybridized carbons (Fsp3) is 0.636. The molecule has 0 spiro atoms. The zero-order chi connectivity index (χ0) is 12.3. The monoisotopic (exact) mass is 255 g/mol. The van der Waals surface area contributed by atoms with Crippen LogP contribution < -0.4 is 10.1 Å². The molecule has 0 aliphatic carbocycles. The van der Waals surface area contributed by atoms with Crippen molar-refractivity contribution in [2.45, 2.75) is 25.8 Å². The number of aromatic nitrogens is 2. The van der Waals surface area contributed by atoms with Gasteiger partial charge in [0.25, 0.3) is 0 Å². The van der Waals surface area contributed by atoms with Gasteiger partial charge >= 0.3 is 0 Å². The number of anilines is 1. The Balaban J connectivity index is 2.02. The molecule has 0 radical (unpaired) electrons. The zero-order valence-corrected chi connectivity index (χ0v) is 10.9. The normalized spacial score (nSPS) is 24.4. The number of hydrogen-bond acceptors (Lipinski definition) is 5. The molecule has 0 saturated carbocycles. The van der Waals surface area contributed by atoms with Crippen LogP contribution in [0.3, 0.4) is 0 Å². The molecule has 5 nitrogen and oxygen atoms in total. The van der Waals surface area contributed by atoms with Crippen LogP contribution in [0.15, 0.2) is 6.07 Å². The van der Waals surface area contributed by atoms with Gasteiger partial charge in [-0.3, -0.25) is 4.21 Å². The fourth-order valence-electron chi connectivity index (χ4n) is 1.87. The summed E-state index contributed by atoms with van der Waals surface area (Å²) in [5.74, 6) is 3.59. The van der Waals surface area contributed by atoms with Crippen molar-refractivity contribution in [2.24, 2.45) is 0 Å². The molecule has 1 saturated heterocycles. The molecule has 0 unspecified atom stereocenters. The Bertz CT molecular complexity index is 415. The lowest BCUT2D eigenvalue weighted by molar-refractivity contribution is 0.395. The zero-order valence-electron chi connectivity index (χ0n) is 10.1. The van der Waals surface area contributed by atoms with Gasteiger partial charge in [-0.1, -0.05) is 0 Å². The van der Waals surface area contributed by atoms with Gasteiger partial charge in [-0.2, -0.15) is 4.98 Å². The summed E-state index contributed by atoms with van der Waals surface area (Å²) < 4.78 is 16.4. The van der Waals surface area contributed by atoms with Gasteiger partial charge in [0.1, 0.15) is 11.6 Å². The Hall–Kier alpha value is -1.17.